The van der Waals surface area contributed by atoms with Gasteiger partial charge in [0.1, 0.15) is 0 Å². The predicted octanol–water partition coefficient (Wildman–Crippen LogP) is 0.256. The molecule has 1 aromatic rings. The Labute approximate surface area is 94.3 Å². The highest BCUT2D eigenvalue weighted by atomic mass is 16.2. The van der Waals surface area contributed by atoms with E-state index in [1.165, 1.54) is 13.1 Å². The van der Waals surface area contributed by atoms with Crippen LogP contribution in [0.5, 0.6) is 0 Å². The van der Waals surface area contributed by atoms with E-state index in [4.69, 9.17) is 0 Å². The van der Waals surface area contributed by atoms with Gasteiger partial charge in [-0.2, -0.15) is 0 Å². The predicted molar refractivity (Wildman–Crippen MR) is 60.0 cm³/mol. The summed E-state index contributed by atoms with van der Waals surface area (Å²) in [5.74, 6) is -0.288. The van der Waals surface area contributed by atoms with Gasteiger partial charge in [-0.05, 0) is 19.1 Å². The van der Waals surface area contributed by atoms with Crippen molar-refractivity contribution >= 4 is 11.8 Å². The molecule has 0 fully saturated rings. The summed E-state index contributed by atoms with van der Waals surface area (Å²) in [7, 11) is 0. The molecular weight excluding hydrogens is 206 g/mol. The van der Waals surface area contributed by atoms with Crippen molar-refractivity contribution in [2.45, 2.75) is 13.8 Å². The largest absolute Gasteiger partial charge is 0.355 e. The van der Waals surface area contributed by atoms with E-state index in [2.05, 4.69) is 15.6 Å². The van der Waals surface area contributed by atoms with Crippen molar-refractivity contribution < 1.29 is 9.59 Å². The Bertz CT molecular complexity index is 373. The molecule has 0 aliphatic carbocycles. The number of hydrogen-bond acceptors (Lipinski definition) is 3. The van der Waals surface area contributed by atoms with E-state index in [-0.39, 0.29) is 11.8 Å². The Kier molecular flexibility index (Phi) is 4.44. The lowest BCUT2D eigenvalue weighted by Gasteiger charge is -2.05. The highest BCUT2D eigenvalue weighted by molar-refractivity contribution is 5.93. The first-order chi connectivity index (χ1) is 7.59. The number of carbonyl (C=O) groups excluding carboxylic acids is 2. The van der Waals surface area contributed by atoms with Gasteiger partial charge >= 0.3 is 0 Å². The lowest BCUT2D eigenvalue weighted by molar-refractivity contribution is -0.118. The van der Waals surface area contributed by atoms with Gasteiger partial charge in [-0.15, -0.1) is 0 Å². The Hall–Kier alpha value is -1.91. The highest BCUT2D eigenvalue weighted by Gasteiger charge is 2.04. The Morgan fingerprint density at radius 2 is 1.94 bits per heavy atom. The fourth-order valence-corrected chi connectivity index (χ4v) is 1.12. The van der Waals surface area contributed by atoms with Crippen LogP contribution < -0.4 is 10.6 Å². The van der Waals surface area contributed by atoms with Gasteiger partial charge in [-0.1, -0.05) is 0 Å². The molecule has 1 rings (SSSR count). The van der Waals surface area contributed by atoms with Crippen LogP contribution in [0.1, 0.15) is 23.0 Å². The first-order valence-electron chi connectivity index (χ1n) is 5.05. The second-order valence-corrected chi connectivity index (χ2v) is 3.43. The van der Waals surface area contributed by atoms with E-state index in [0.29, 0.717) is 18.7 Å². The fraction of sp³-hybridized carbons (Fsp3) is 0.364. The maximum absolute atomic E-state index is 11.5. The van der Waals surface area contributed by atoms with Gasteiger partial charge in [-0.3, -0.25) is 14.6 Å². The second kappa shape index (κ2) is 5.85. The number of hydrogen-bond donors (Lipinski definition) is 2. The molecule has 0 aliphatic heterocycles. The first kappa shape index (κ1) is 12.2. The van der Waals surface area contributed by atoms with Crippen LogP contribution in [0.3, 0.4) is 0 Å². The van der Waals surface area contributed by atoms with Crippen molar-refractivity contribution in [3.63, 3.8) is 0 Å². The minimum atomic E-state index is -0.183. The quantitative estimate of drug-likeness (QED) is 0.716. The molecule has 0 saturated heterocycles. The smallest absolute Gasteiger partial charge is 0.252 e. The number of aromatic nitrogens is 1. The maximum atomic E-state index is 11.5. The molecule has 0 bridgehead atoms. The maximum Gasteiger partial charge on any atom is 0.252 e. The van der Waals surface area contributed by atoms with E-state index >= 15 is 0 Å². The summed E-state index contributed by atoms with van der Waals surface area (Å²) in [6, 6.07) is 3.50. The van der Waals surface area contributed by atoms with Gasteiger partial charge < -0.3 is 10.6 Å². The first-order valence-corrected chi connectivity index (χ1v) is 5.05. The zero-order valence-electron chi connectivity index (χ0n) is 9.41. The number of rotatable bonds is 4. The standard InChI is InChI=1S/C11H15N3O2/c1-8-3-4-10(7-14-8)11(16)13-6-5-12-9(2)15/h3-4,7H,5-6H2,1-2H3,(H,12,15)(H,13,16). The summed E-state index contributed by atoms with van der Waals surface area (Å²) in [5.41, 5.74) is 1.39. The molecule has 0 aliphatic rings. The molecule has 0 atom stereocenters. The van der Waals surface area contributed by atoms with E-state index in [0.717, 1.165) is 5.69 Å². The van der Waals surface area contributed by atoms with Crippen molar-refractivity contribution in [1.29, 1.82) is 0 Å². The number of amides is 2. The zero-order valence-corrected chi connectivity index (χ0v) is 9.41. The molecule has 5 heteroatoms. The molecule has 1 heterocycles. The molecule has 0 radical (unpaired) electrons. The number of nitrogens with zero attached hydrogens (tertiary/aromatic N) is 1. The van der Waals surface area contributed by atoms with E-state index in [1.807, 2.05) is 6.92 Å². The van der Waals surface area contributed by atoms with Gasteiger partial charge in [0.05, 0.1) is 5.56 Å². The molecule has 0 saturated carbocycles. The van der Waals surface area contributed by atoms with E-state index < -0.39 is 0 Å². The Balaban J connectivity index is 2.35. The third-order valence-electron chi connectivity index (χ3n) is 1.96. The molecular formula is C11H15N3O2. The van der Waals surface area contributed by atoms with Crippen LogP contribution in [0.4, 0.5) is 0 Å². The number of aryl methyl sites for hydroxylation is 1. The monoisotopic (exact) mass is 221 g/mol. The summed E-state index contributed by atoms with van der Waals surface area (Å²) in [4.78, 5) is 26.1. The van der Waals surface area contributed by atoms with E-state index in [9.17, 15) is 9.59 Å². The van der Waals surface area contributed by atoms with Gasteiger partial charge in [0.25, 0.3) is 5.91 Å². The van der Waals surface area contributed by atoms with Crippen molar-refractivity contribution in [3.05, 3.63) is 29.6 Å². The highest BCUT2D eigenvalue weighted by Crippen LogP contribution is 1.98. The average Bonchev–Trinajstić information content (AvgIpc) is 2.25. The molecule has 0 aromatic carbocycles. The second-order valence-electron chi connectivity index (χ2n) is 3.43. The zero-order chi connectivity index (χ0) is 12.0. The van der Waals surface area contributed by atoms with Crippen molar-refractivity contribution in [1.82, 2.24) is 15.6 Å². The summed E-state index contributed by atoms with van der Waals surface area (Å²) < 4.78 is 0. The third kappa shape index (κ3) is 4.08. The SMILES string of the molecule is CC(=O)NCCNC(=O)c1ccc(C)nc1. The summed E-state index contributed by atoms with van der Waals surface area (Å²) in [6.45, 7) is 4.14. The minimum Gasteiger partial charge on any atom is -0.355 e. The summed E-state index contributed by atoms with van der Waals surface area (Å²) in [6.07, 6.45) is 1.53. The van der Waals surface area contributed by atoms with Gasteiger partial charge in [-0.25, -0.2) is 0 Å². The Morgan fingerprint density at radius 1 is 1.25 bits per heavy atom. The van der Waals surface area contributed by atoms with Crippen LogP contribution in [0.2, 0.25) is 0 Å². The molecule has 2 N–H and O–H groups in total. The molecule has 5 nitrogen and oxygen atoms in total. The lowest BCUT2D eigenvalue weighted by Crippen LogP contribution is -2.33. The van der Waals surface area contributed by atoms with E-state index in [1.54, 1.807) is 12.1 Å². The number of nitrogens with one attached hydrogen (secondary N) is 2. The van der Waals surface area contributed by atoms with Crippen molar-refractivity contribution in [2.75, 3.05) is 13.1 Å². The van der Waals surface area contributed by atoms with Crippen LogP contribution in [0.15, 0.2) is 18.3 Å². The third-order valence-corrected chi connectivity index (χ3v) is 1.96. The fourth-order valence-electron chi connectivity index (χ4n) is 1.12. The van der Waals surface area contributed by atoms with Crippen LogP contribution in [-0.2, 0) is 4.79 Å². The molecule has 2 amide bonds. The minimum absolute atomic E-state index is 0.105. The molecule has 1 aromatic heterocycles. The number of pyridine rings is 1. The summed E-state index contributed by atoms with van der Waals surface area (Å²) >= 11 is 0. The van der Waals surface area contributed by atoms with Gasteiger partial charge in [0.2, 0.25) is 5.91 Å². The lowest BCUT2D eigenvalue weighted by atomic mass is 10.2. The van der Waals surface area contributed by atoms with Crippen LogP contribution >= 0.6 is 0 Å². The Morgan fingerprint density at radius 3 is 2.50 bits per heavy atom. The van der Waals surface area contributed by atoms with Crippen LogP contribution in [0.25, 0.3) is 0 Å². The number of carbonyl (C=O) groups is 2. The van der Waals surface area contributed by atoms with Gasteiger partial charge in [0, 0.05) is 31.9 Å². The molecule has 16 heavy (non-hydrogen) atoms. The average molecular weight is 221 g/mol. The van der Waals surface area contributed by atoms with Crippen molar-refractivity contribution in [2.24, 2.45) is 0 Å². The molecule has 86 valence electrons. The topological polar surface area (TPSA) is 71.1 Å². The molecule has 0 spiro atoms. The van der Waals surface area contributed by atoms with Gasteiger partial charge in [0.15, 0.2) is 0 Å². The summed E-state index contributed by atoms with van der Waals surface area (Å²) in [5, 5.41) is 5.27. The van der Waals surface area contributed by atoms with Crippen molar-refractivity contribution in [3.8, 4) is 0 Å². The van der Waals surface area contributed by atoms with Crippen LogP contribution in [-0.4, -0.2) is 29.9 Å². The normalized spacial score (nSPS) is 9.62. The van der Waals surface area contributed by atoms with Crippen LogP contribution in [0, 0.1) is 6.92 Å². The molecule has 0 unspecified atom stereocenters.